The molecule has 30 heavy (non-hydrogen) atoms. The van der Waals surface area contributed by atoms with Gasteiger partial charge < -0.3 is 19.6 Å². The molecule has 1 fully saturated rings. The molecule has 6 nitrogen and oxygen atoms in total. The number of Topliss-reactive ketones (excluding diaryl/α,β-unsaturated/α-hetero) is 1. The predicted molar refractivity (Wildman–Crippen MR) is 117 cm³/mol. The van der Waals surface area contributed by atoms with E-state index < -0.39 is 17.7 Å². The van der Waals surface area contributed by atoms with Crippen LogP contribution in [0.25, 0.3) is 5.76 Å². The number of methoxy groups -OCH3 is 1. The highest BCUT2D eigenvalue weighted by Crippen LogP contribution is 2.40. The summed E-state index contributed by atoms with van der Waals surface area (Å²) in [6, 6.07) is 13.4. The first-order chi connectivity index (χ1) is 14.3. The van der Waals surface area contributed by atoms with Gasteiger partial charge in [-0.3, -0.25) is 9.59 Å². The third kappa shape index (κ3) is 4.35. The lowest BCUT2D eigenvalue weighted by Gasteiger charge is -2.26. The Morgan fingerprint density at radius 3 is 2.47 bits per heavy atom. The summed E-state index contributed by atoms with van der Waals surface area (Å²) in [5, 5.41) is 11.3. The zero-order valence-electron chi connectivity index (χ0n) is 17.3. The second kappa shape index (κ2) is 9.32. The molecule has 1 heterocycles. The van der Waals surface area contributed by atoms with Crippen LogP contribution in [0.1, 0.15) is 23.6 Å². The number of hydrogen-bond acceptors (Lipinski definition) is 5. The molecule has 0 aromatic heterocycles. The van der Waals surface area contributed by atoms with Gasteiger partial charge in [-0.2, -0.15) is 0 Å². The largest absolute Gasteiger partial charge is 0.507 e. The van der Waals surface area contributed by atoms with Gasteiger partial charge in [0.2, 0.25) is 0 Å². The van der Waals surface area contributed by atoms with E-state index in [0.29, 0.717) is 29.3 Å². The summed E-state index contributed by atoms with van der Waals surface area (Å²) in [6.45, 7) is 1.18. The smallest absolute Gasteiger partial charge is 0.295 e. The molecule has 0 bridgehead atoms. The highest BCUT2D eigenvalue weighted by atomic mass is 35.5. The zero-order chi connectivity index (χ0) is 21.8. The molecular weight excluding hydrogens is 404 g/mol. The molecule has 1 saturated heterocycles. The van der Waals surface area contributed by atoms with Crippen molar-refractivity contribution in [3.05, 3.63) is 70.3 Å². The maximum Gasteiger partial charge on any atom is 0.295 e. The zero-order valence-corrected chi connectivity index (χ0v) is 18.0. The van der Waals surface area contributed by atoms with Crippen molar-refractivity contribution >= 4 is 29.1 Å². The Morgan fingerprint density at radius 2 is 1.87 bits per heavy atom. The van der Waals surface area contributed by atoms with E-state index in [-0.39, 0.29) is 11.3 Å². The quantitative estimate of drug-likeness (QED) is 0.413. The first-order valence-electron chi connectivity index (χ1n) is 9.67. The number of aliphatic hydroxyl groups excluding tert-OH is 1. The molecule has 7 heteroatoms. The van der Waals surface area contributed by atoms with Gasteiger partial charge in [0.15, 0.2) is 0 Å². The Bertz CT molecular complexity index is 972. The van der Waals surface area contributed by atoms with Gasteiger partial charge in [0.25, 0.3) is 11.7 Å². The summed E-state index contributed by atoms with van der Waals surface area (Å²) in [7, 11) is 5.40. The van der Waals surface area contributed by atoms with Crippen molar-refractivity contribution in [1.29, 1.82) is 0 Å². The average molecular weight is 429 g/mol. The van der Waals surface area contributed by atoms with Crippen LogP contribution in [0.3, 0.4) is 0 Å². The maximum absolute atomic E-state index is 12.9. The summed E-state index contributed by atoms with van der Waals surface area (Å²) in [4.78, 5) is 29.4. The molecule has 2 aromatic rings. The molecule has 1 aliphatic heterocycles. The van der Waals surface area contributed by atoms with E-state index in [1.54, 1.807) is 12.1 Å². The fourth-order valence-electron chi connectivity index (χ4n) is 3.62. The van der Waals surface area contributed by atoms with Crippen molar-refractivity contribution in [1.82, 2.24) is 9.80 Å². The lowest BCUT2D eigenvalue weighted by atomic mass is 9.95. The number of ketones is 1. The molecule has 0 aliphatic carbocycles. The van der Waals surface area contributed by atoms with Gasteiger partial charge in [0, 0.05) is 12.1 Å². The van der Waals surface area contributed by atoms with Crippen molar-refractivity contribution in [2.45, 2.75) is 12.5 Å². The fourth-order valence-corrected chi connectivity index (χ4v) is 3.88. The second-order valence-electron chi connectivity index (χ2n) is 7.41. The number of aliphatic hydroxyl groups is 1. The van der Waals surface area contributed by atoms with Crippen LogP contribution in [0.5, 0.6) is 5.75 Å². The first kappa shape index (κ1) is 21.9. The highest BCUT2D eigenvalue weighted by Gasteiger charge is 2.45. The van der Waals surface area contributed by atoms with E-state index >= 15 is 0 Å². The third-order valence-electron chi connectivity index (χ3n) is 5.08. The van der Waals surface area contributed by atoms with E-state index in [1.165, 1.54) is 18.1 Å². The fraction of sp³-hybridized carbons (Fsp3) is 0.304. The van der Waals surface area contributed by atoms with E-state index in [4.69, 9.17) is 16.3 Å². The number of benzene rings is 2. The Kier molecular flexibility index (Phi) is 6.80. The van der Waals surface area contributed by atoms with Crippen LogP contribution in [0.15, 0.2) is 54.1 Å². The van der Waals surface area contributed by atoms with E-state index in [1.807, 2.05) is 49.3 Å². The number of halogens is 1. The SMILES string of the molecule is COc1ccc(/C(O)=C2\C(=O)C(=O)N(CCCN(C)C)[C@H]2c2ccccc2)cc1Cl. The van der Waals surface area contributed by atoms with Crippen molar-refractivity contribution in [2.24, 2.45) is 0 Å². The monoisotopic (exact) mass is 428 g/mol. The number of likely N-dealkylation sites (tertiary alicyclic amines) is 1. The summed E-state index contributed by atoms with van der Waals surface area (Å²) in [6.07, 6.45) is 0.706. The van der Waals surface area contributed by atoms with Gasteiger partial charge in [-0.25, -0.2) is 0 Å². The Balaban J connectivity index is 2.08. The molecule has 1 N–H and O–H groups in total. The van der Waals surface area contributed by atoms with Crippen LogP contribution in [0.2, 0.25) is 5.02 Å². The molecule has 0 spiro atoms. The summed E-state index contributed by atoms with van der Waals surface area (Å²) >= 11 is 6.20. The minimum absolute atomic E-state index is 0.0669. The number of nitrogens with zero attached hydrogens (tertiary/aromatic N) is 2. The number of carbonyl (C=O) groups is 2. The van der Waals surface area contributed by atoms with Crippen LogP contribution < -0.4 is 4.74 Å². The van der Waals surface area contributed by atoms with Crippen LogP contribution in [0, 0.1) is 0 Å². The molecule has 3 rings (SSSR count). The van der Waals surface area contributed by atoms with Gasteiger partial charge in [-0.1, -0.05) is 41.9 Å². The standard InChI is InChI=1S/C23H25ClN2O4/c1-25(2)12-7-13-26-20(15-8-5-4-6-9-15)19(22(28)23(26)29)21(27)16-10-11-18(30-3)17(24)14-16/h4-6,8-11,14,20,27H,7,12-13H2,1-3H3/b21-19+/t20-/m0/s1. The Hall–Kier alpha value is -2.83. The number of hydrogen-bond donors (Lipinski definition) is 1. The Labute approximate surface area is 181 Å². The van der Waals surface area contributed by atoms with Crippen LogP contribution in [-0.2, 0) is 9.59 Å². The molecule has 2 aromatic carbocycles. The second-order valence-corrected chi connectivity index (χ2v) is 7.82. The number of rotatable bonds is 7. The molecule has 0 unspecified atom stereocenters. The number of ether oxygens (including phenoxy) is 1. The maximum atomic E-state index is 12.9. The first-order valence-corrected chi connectivity index (χ1v) is 10.0. The van der Waals surface area contributed by atoms with E-state index in [2.05, 4.69) is 0 Å². The van der Waals surface area contributed by atoms with Gasteiger partial charge in [0.1, 0.15) is 11.5 Å². The Morgan fingerprint density at radius 1 is 1.17 bits per heavy atom. The van der Waals surface area contributed by atoms with Gasteiger partial charge in [-0.05, 0) is 50.8 Å². The van der Waals surface area contributed by atoms with Crippen molar-refractivity contribution in [3.63, 3.8) is 0 Å². The van der Waals surface area contributed by atoms with Crippen molar-refractivity contribution in [2.75, 3.05) is 34.3 Å². The topological polar surface area (TPSA) is 70.1 Å². The minimum atomic E-state index is -0.696. The molecular formula is C23H25ClN2O4. The van der Waals surface area contributed by atoms with Crippen LogP contribution in [0.4, 0.5) is 0 Å². The normalized spacial score (nSPS) is 18.3. The molecule has 158 valence electrons. The minimum Gasteiger partial charge on any atom is -0.507 e. The summed E-state index contributed by atoms with van der Waals surface area (Å²) < 4.78 is 5.15. The molecule has 1 atom stereocenters. The van der Waals surface area contributed by atoms with Crippen LogP contribution in [-0.4, -0.2) is 60.9 Å². The predicted octanol–water partition coefficient (Wildman–Crippen LogP) is 3.72. The highest BCUT2D eigenvalue weighted by molar-refractivity contribution is 6.46. The van der Waals surface area contributed by atoms with Gasteiger partial charge in [0.05, 0.1) is 23.7 Å². The molecule has 0 saturated carbocycles. The van der Waals surface area contributed by atoms with Crippen molar-refractivity contribution < 1.29 is 19.4 Å². The molecule has 0 radical (unpaired) electrons. The molecule has 1 amide bonds. The lowest BCUT2D eigenvalue weighted by Crippen LogP contribution is -2.32. The summed E-state index contributed by atoms with van der Waals surface area (Å²) in [5.41, 5.74) is 1.19. The summed E-state index contributed by atoms with van der Waals surface area (Å²) in [5.74, 6) is -1.10. The van der Waals surface area contributed by atoms with Crippen molar-refractivity contribution in [3.8, 4) is 5.75 Å². The van der Waals surface area contributed by atoms with Gasteiger partial charge in [-0.15, -0.1) is 0 Å². The van der Waals surface area contributed by atoms with E-state index in [0.717, 1.165) is 12.1 Å². The lowest BCUT2D eigenvalue weighted by molar-refractivity contribution is -0.139. The third-order valence-corrected chi connectivity index (χ3v) is 5.38. The number of carbonyl (C=O) groups excluding carboxylic acids is 2. The van der Waals surface area contributed by atoms with Gasteiger partial charge >= 0.3 is 0 Å². The average Bonchev–Trinajstić information content (AvgIpc) is 2.98. The van der Waals surface area contributed by atoms with E-state index in [9.17, 15) is 14.7 Å². The van der Waals surface area contributed by atoms with Crippen LogP contribution >= 0.6 is 11.6 Å². The number of amides is 1. The molecule has 1 aliphatic rings.